The molecule has 0 aliphatic carbocycles. The second kappa shape index (κ2) is 9.15. The Morgan fingerprint density at radius 2 is 1.86 bits per heavy atom. The summed E-state index contributed by atoms with van der Waals surface area (Å²) in [7, 11) is 0. The van der Waals surface area contributed by atoms with Gasteiger partial charge in [0.15, 0.2) is 17.1 Å². The molecule has 9 heteroatoms. The molecule has 1 N–H and O–H groups in total. The molecule has 0 spiro atoms. The summed E-state index contributed by atoms with van der Waals surface area (Å²) < 4.78 is 3.52. The van der Waals surface area contributed by atoms with Crippen molar-refractivity contribution >= 4 is 34.6 Å². The number of carbonyl (C=O) groups excluding carboxylic acids is 2. The van der Waals surface area contributed by atoms with Gasteiger partial charge < -0.3 is 5.32 Å². The average Bonchev–Trinajstić information content (AvgIpc) is 3.48. The Balaban J connectivity index is 1.49. The van der Waals surface area contributed by atoms with Crippen LogP contribution in [-0.2, 0) is 6.54 Å². The number of rotatable bonds is 6. The van der Waals surface area contributed by atoms with Crippen LogP contribution in [-0.4, -0.2) is 36.1 Å². The second-order valence-electron chi connectivity index (χ2n) is 7.93. The third kappa shape index (κ3) is 4.20. The quantitative estimate of drug-likeness (QED) is 0.340. The van der Waals surface area contributed by atoms with Crippen molar-refractivity contribution in [1.29, 1.82) is 0 Å². The first kappa shape index (κ1) is 22.5. The van der Waals surface area contributed by atoms with E-state index in [1.54, 1.807) is 65.4 Å². The van der Waals surface area contributed by atoms with Gasteiger partial charge in [-0.05, 0) is 38.1 Å². The summed E-state index contributed by atoms with van der Waals surface area (Å²) in [6, 6.07) is 17.0. The molecule has 0 aliphatic rings. The summed E-state index contributed by atoms with van der Waals surface area (Å²) in [6.45, 7) is 4.76. The van der Waals surface area contributed by atoms with Gasteiger partial charge in [-0.1, -0.05) is 41.9 Å². The molecule has 35 heavy (non-hydrogen) atoms. The van der Waals surface area contributed by atoms with Crippen molar-refractivity contribution in [2.75, 3.05) is 5.32 Å². The zero-order valence-corrected chi connectivity index (χ0v) is 19.8. The van der Waals surface area contributed by atoms with Gasteiger partial charge >= 0.3 is 0 Å². The molecule has 3 aromatic heterocycles. The molecule has 0 atom stereocenters. The lowest BCUT2D eigenvalue weighted by molar-refractivity contribution is 0.102. The highest BCUT2D eigenvalue weighted by Crippen LogP contribution is 2.26. The van der Waals surface area contributed by atoms with E-state index < -0.39 is 5.91 Å². The number of amides is 1. The Bertz CT molecular complexity index is 1570. The highest BCUT2D eigenvalue weighted by molar-refractivity contribution is 6.31. The van der Waals surface area contributed by atoms with Gasteiger partial charge in [0.25, 0.3) is 5.91 Å². The lowest BCUT2D eigenvalue weighted by atomic mass is 10.0. The van der Waals surface area contributed by atoms with Crippen molar-refractivity contribution in [3.8, 4) is 11.3 Å². The number of aryl methyl sites for hydroxylation is 1. The number of ketones is 1. The van der Waals surface area contributed by atoms with E-state index in [0.29, 0.717) is 27.5 Å². The first-order valence-corrected chi connectivity index (χ1v) is 11.4. The number of nitrogens with zero attached hydrogens (tertiary/aromatic N) is 5. The van der Waals surface area contributed by atoms with E-state index in [1.807, 2.05) is 30.7 Å². The normalized spacial score (nSPS) is 11.1. The Morgan fingerprint density at radius 3 is 2.60 bits per heavy atom. The van der Waals surface area contributed by atoms with E-state index in [9.17, 15) is 9.59 Å². The molecular weight excluding hydrogens is 464 g/mol. The molecule has 5 rings (SSSR count). The van der Waals surface area contributed by atoms with Crippen LogP contribution in [0, 0.1) is 6.92 Å². The summed E-state index contributed by atoms with van der Waals surface area (Å²) in [5.41, 5.74) is 4.49. The van der Waals surface area contributed by atoms with Gasteiger partial charge in [0, 0.05) is 46.2 Å². The van der Waals surface area contributed by atoms with Gasteiger partial charge in [-0.3, -0.25) is 14.3 Å². The zero-order valence-electron chi connectivity index (χ0n) is 19.1. The summed E-state index contributed by atoms with van der Waals surface area (Å²) in [6.07, 6.45) is 3.46. The van der Waals surface area contributed by atoms with Crippen LogP contribution in [0.25, 0.3) is 16.9 Å². The van der Waals surface area contributed by atoms with Crippen molar-refractivity contribution in [1.82, 2.24) is 24.4 Å². The number of anilines is 1. The molecular formula is C26H21ClN6O2. The van der Waals surface area contributed by atoms with Crippen LogP contribution in [0.2, 0.25) is 5.02 Å². The highest BCUT2D eigenvalue weighted by Gasteiger charge is 2.20. The predicted molar refractivity (Wildman–Crippen MR) is 134 cm³/mol. The minimum Gasteiger partial charge on any atom is -0.320 e. The topological polar surface area (TPSA) is 94.2 Å². The van der Waals surface area contributed by atoms with E-state index in [0.717, 1.165) is 23.5 Å². The van der Waals surface area contributed by atoms with Crippen LogP contribution < -0.4 is 5.32 Å². The number of carbonyl (C=O) groups is 2. The molecule has 174 valence electrons. The van der Waals surface area contributed by atoms with E-state index in [2.05, 4.69) is 20.5 Å². The maximum absolute atomic E-state index is 13.2. The third-order valence-electron chi connectivity index (χ3n) is 5.78. The monoisotopic (exact) mass is 484 g/mol. The summed E-state index contributed by atoms with van der Waals surface area (Å²) in [5, 5.41) is 12.1. The lowest BCUT2D eigenvalue weighted by Gasteiger charge is -2.10. The molecule has 8 nitrogen and oxygen atoms in total. The van der Waals surface area contributed by atoms with E-state index in [-0.39, 0.29) is 11.5 Å². The van der Waals surface area contributed by atoms with E-state index in [4.69, 9.17) is 11.6 Å². The molecule has 2 aromatic carbocycles. The summed E-state index contributed by atoms with van der Waals surface area (Å²) in [5.74, 6) is -0.711. The molecule has 0 aliphatic heterocycles. The van der Waals surface area contributed by atoms with Crippen molar-refractivity contribution in [3.63, 3.8) is 0 Å². The van der Waals surface area contributed by atoms with E-state index in [1.165, 1.54) is 0 Å². The van der Waals surface area contributed by atoms with Gasteiger partial charge in [-0.2, -0.15) is 10.2 Å². The predicted octanol–water partition coefficient (Wildman–Crippen LogP) is 5.06. The molecule has 0 bridgehead atoms. The lowest BCUT2D eigenvalue weighted by Crippen LogP contribution is -2.16. The number of halogens is 1. The number of nitrogens with one attached hydrogen (secondary N) is 1. The van der Waals surface area contributed by atoms with Gasteiger partial charge in [0.1, 0.15) is 0 Å². The zero-order chi connectivity index (χ0) is 24.5. The minimum absolute atomic E-state index is 0.165. The fourth-order valence-electron chi connectivity index (χ4n) is 3.97. The Hall–Kier alpha value is -4.30. The smallest absolute Gasteiger partial charge is 0.276 e. The molecule has 0 saturated carbocycles. The Labute approximate surface area is 206 Å². The van der Waals surface area contributed by atoms with Crippen molar-refractivity contribution < 1.29 is 9.59 Å². The van der Waals surface area contributed by atoms with Gasteiger partial charge in [0.05, 0.1) is 17.6 Å². The molecule has 5 aromatic rings. The number of hydrogen-bond donors (Lipinski definition) is 1. The maximum Gasteiger partial charge on any atom is 0.276 e. The summed E-state index contributed by atoms with van der Waals surface area (Å²) >= 11 is 6.16. The molecule has 0 fully saturated rings. The first-order valence-electron chi connectivity index (χ1n) is 11.0. The molecule has 0 saturated heterocycles. The Kier molecular flexibility index (Phi) is 5.88. The number of hydrogen-bond acceptors (Lipinski definition) is 5. The fourth-order valence-corrected chi connectivity index (χ4v) is 4.14. The van der Waals surface area contributed by atoms with Crippen molar-refractivity contribution in [2.24, 2.45) is 0 Å². The van der Waals surface area contributed by atoms with Crippen LogP contribution in [0.5, 0.6) is 0 Å². The number of aromatic nitrogens is 5. The number of benzene rings is 2. The van der Waals surface area contributed by atoms with Gasteiger partial charge in [-0.15, -0.1) is 0 Å². The minimum atomic E-state index is -0.466. The van der Waals surface area contributed by atoms with Crippen LogP contribution in [0.3, 0.4) is 0 Å². The van der Waals surface area contributed by atoms with Crippen LogP contribution >= 0.6 is 11.6 Å². The molecule has 3 heterocycles. The SMILES string of the molecule is CCn1ncc(-c2ccnc3cc(C(=O)Nc4ccc(Cl)cc4C(=O)c4ccccc4)nn23)c1C. The molecule has 1 amide bonds. The first-order chi connectivity index (χ1) is 17.0. The fraction of sp³-hybridized carbons (Fsp3) is 0.115. The largest absolute Gasteiger partial charge is 0.320 e. The van der Waals surface area contributed by atoms with Crippen LogP contribution in [0.1, 0.15) is 39.0 Å². The van der Waals surface area contributed by atoms with Gasteiger partial charge in [-0.25, -0.2) is 9.50 Å². The van der Waals surface area contributed by atoms with Crippen molar-refractivity contribution in [2.45, 2.75) is 20.4 Å². The van der Waals surface area contributed by atoms with Crippen LogP contribution in [0.4, 0.5) is 5.69 Å². The van der Waals surface area contributed by atoms with Crippen molar-refractivity contribution in [3.05, 3.63) is 101 Å². The third-order valence-corrected chi connectivity index (χ3v) is 6.01. The highest BCUT2D eigenvalue weighted by atomic mass is 35.5. The number of fused-ring (bicyclic) bond motifs is 1. The Morgan fingerprint density at radius 1 is 1.06 bits per heavy atom. The summed E-state index contributed by atoms with van der Waals surface area (Å²) in [4.78, 5) is 30.6. The maximum atomic E-state index is 13.2. The van der Waals surface area contributed by atoms with E-state index >= 15 is 0 Å². The standard InChI is InChI=1S/C26H21ClN6O2/c1-3-32-16(2)20(15-29-32)23-11-12-28-24-14-22(31-33(23)24)26(35)30-21-10-9-18(27)13-19(21)25(34)17-7-5-4-6-8-17/h4-15H,3H2,1-2H3,(H,30,35). The average molecular weight is 485 g/mol. The van der Waals surface area contributed by atoms with Crippen LogP contribution in [0.15, 0.2) is 73.1 Å². The molecule has 0 unspecified atom stereocenters. The molecule has 0 radical (unpaired) electrons. The van der Waals surface area contributed by atoms with Gasteiger partial charge in [0.2, 0.25) is 0 Å². The second-order valence-corrected chi connectivity index (χ2v) is 8.36.